The topological polar surface area (TPSA) is 60.2 Å². The number of benzene rings is 3. The van der Waals surface area contributed by atoms with E-state index in [1.807, 2.05) is 30.3 Å². The number of hydrogen-bond acceptors (Lipinski definition) is 4. The van der Waals surface area contributed by atoms with Crippen LogP contribution in [0.25, 0.3) is 38.9 Å². The van der Waals surface area contributed by atoms with E-state index in [1.165, 1.54) is 5.56 Å². The molecule has 41 heavy (non-hydrogen) atoms. The molecule has 6 aromatic rings. The number of fused-ring (bicyclic) bond motifs is 3. The number of pyridine rings is 2. The Morgan fingerprint density at radius 3 is 2.12 bits per heavy atom. The average molecular weight is 542 g/mol. The minimum Gasteiger partial charge on any atom is -0.507 e. The fourth-order valence-corrected chi connectivity index (χ4v) is 5.18. The van der Waals surface area contributed by atoms with Crippen molar-refractivity contribution in [1.82, 2.24) is 14.5 Å². The molecule has 0 spiro atoms. The van der Waals surface area contributed by atoms with Crippen molar-refractivity contribution in [3.05, 3.63) is 108 Å². The zero-order valence-electron chi connectivity index (χ0n) is 24.4. The van der Waals surface area contributed by atoms with Crippen LogP contribution in [0, 0.1) is 0 Å². The van der Waals surface area contributed by atoms with Crippen molar-refractivity contribution in [2.75, 3.05) is 0 Å². The first kappa shape index (κ1) is 26.6. The van der Waals surface area contributed by atoms with Gasteiger partial charge in [-0.3, -0.25) is 4.57 Å². The minimum atomic E-state index is -0.151. The molecule has 206 valence electrons. The zero-order chi connectivity index (χ0) is 28.9. The monoisotopic (exact) mass is 541 g/mol. The molecule has 0 aliphatic carbocycles. The van der Waals surface area contributed by atoms with Crippen LogP contribution in [0.2, 0.25) is 0 Å². The maximum atomic E-state index is 10.5. The summed E-state index contributed by atoms with van der Waals surface area (Å²) in [5.74, 6) is 1.06. The predicted octanol–water partition coefficient (Wildman–Crippen LogP) is 9.33. The number of aromatic hydroxyl groups is 1. The van der Waals surface area contributed by atoms with Crippen LogP contribution in [0.5, 0.6) is 17.5 Å². The summed E-state index contributed by atoms with van der Waals surface area (Å²) < 4.78 is 8.58. The van der Waals surface area contributed by atoms with Crippen LogP contribution in [-0.4, -0.2) is 19.6 Å². The second kappa shape index (κ2) is 9.77. The van der Waals surface area contributed by atoms with Crippen molar-refractivity contribution in [1.29, 1.82) is 0 Å². The van der Waals surface area contributed by atoms with Crippen molar-refractivity contribution >= 4 is 21.9 Å². The van der Waals surface area contributed by atoms with Gasteiger partial charge in [0.05, 0.1) is 11.2 Å². The van der Waals surface area contributed by atoms with Gasteiger partial charge in [-0.05, 0) is 64.4 Å². The van der Waals surface area contributed by atoms with Crippen LogP contribution < -0.4 is 4.74 Å². The maximum absolute atomic E-state index is 10.5. The first-order valence-corrected chi connectivity index (χ1v) is 14.0. The summed E-state index contributed by atoms with van der Waals surface area (Å²) in [6.07, 6.45) is 0. The number of phenolic OH excluding ortho intramolecular Hbond substituents is 1. The summed E-state index contributed by atoms with van der Waals surface area (Å²) in [5, 5.41) is 12.7. The van der Waals surface area contributed by atoms with Gasteiger partial charge in [0.15, 0.2) is 0 Å². The lowest BCUT2D eigenvalue weighted by atomic mass is 9.86. The van der Waals surface area contributed by atoms with Crippen LogP contribution >= 0.6 is 0 Å². The van der Waals surface area contributed by atoms with Gasteiger partial charge in [-0.25, -0.2) is 4.98 Å². The third-order valence-corrected chi connectivity index (χ3v) is 7.52. The summed E-state index contributed by atoms with van der Waals surface area (Å²) in [6, 6.07) is 32.2. The van der Waals surface area contributed by atoms with Gasteiger partial charge in [-0.2, -0.15) is 4.98 Å². The zero-order valence-corrected chi connectivity index (χ0v) is 24.4. The highest BCUT2D eigenvalue weighted by Crippen LogP contribution is 2.37. The highest BCUT2D eigenvalue weighted by Gasteiger charge is 2.21. The third kappa shape index (κ3) is 5.04. The summed E-state index contributed by atoms with van der Waals surface area (Å²) in [6.45, 7) is 13.1. The normalized spacial score (nSPS) is 12.2. The Bertz CT molecular complexity index is 1910. The summed E-state index contributed by atoms with van der Waals surface area (Å²) >= 11 is 0. The van der Waals surface area contributed by atoms with Crippen molar-refractivity contribution in [3.63, 3.8) is 0 Å². The molecular weight excluding hydrogens is 506 g/mol. The Hall–Kier alpha value is -4.64. The smallest absolute Gasteiger partial charge is 0.223 e. The highest BCUT2D eigenvalue weighted by molar-refractivity contribution is 6.08. The molecule has 1 N–H and O–H groups in total. The summed E-state index contributed by atoms with van der Waals surface area (Å²) in [5.41, 5.74) is 6.46. The molecule has 3 aromatic heterocycles. The van der Waals surface area contributed by atoms with Gasteiger partial charge in [-0.1, -0.05) is 84.0 Å². The molecule has 3 heterocycles. The molecule has 0 unspecified atom stereocenters. The van der Waals surface area contributed by atoms with Crippen LogP contribution in [0.4, 0.5) is 0 Å². The third-order valence-electron chi connectivity index (χ3n) is 7.52. The molecule has 3 aromatic carbocycles. The molecular formula is C36H35N3O2. The lowest BCUT2D eigenvalue weighted by molar-refractivity contribution is 0.443. The fourth-order valence-electron chi connectivity index (χ4n) is 5.18. The summed E-state index contributed by atoms with van der Waals surface area (Å²) in [4.78, 5) is 9.83. The molecule has 0 atom stereocenters. The lowest BCUT2D eigenvalue weighted by Crippen LogP contribution is -2.12. The SMILES string of the molecule is CC(C)(C)c1cccc(-n2c3ccccc3c3ccc(Oc4cc(C(C)(C)C)cc(-c5ccccc5O)n4)nc32)c1. The number of rotatable bonds is 4. The van der Waals surface area contributed by atoms with Crippen LogP contribution in [0.3, 0.4) is 0 Å². The molecule has 0 aliphatic rings. The molecule has 0 bridgehead atoms. The predicted molar refractivity (Wildman–Crippen MR) is 167 cm³/mol. The van der Waals surface area contributed by atoms with E-state index >= 15 is 0 Å². The van der Waals surface area contributed by atoms with Gasteiger partial charge in [0, 0.05) is 34.2 Å². The average Bonchev–Trinajstić information content (AvgIpc) is 3.26. The standard InChI is InChI=1S/C36H35N3O2/c1-35(2,3)23-12-11-13-25(20-23)39-30-16-9-7-14-26(30)27-18-19-32(38-34(27)39)41-33-22-24(36(4,5)6)21-29(37-33)28-15-8-10-17-31(28)40/h7-22,40H,1-6H3. The second-order valence-corrected chi connectivity index (χ2v) is 12.6. The largest absolute Gasteiger partial charge is 0.507 e. The molecule has 0 radical (unpaired) electrons. The van der Waals surface area contributed by atoms with Crippen molar-refractivity contribution in [2.24, 2.45) is 0 Å². The molecule has 0 amide bonds. The number of nitrogens with zero attached hydrogens (tertiary/aromatic N) is 3. The Balaban J connectivity index is 1.50. The summed E-state index contributed by atoms with van der Waals surface area (Å²) in [7, 11) is 0. The van der Waals surface area contributed by atoms with Crippen LogP contribution in [0.15, 0.2) is 97.1 Å². The van der Waals surface area contributed by atoms with E-state index in [4.69, 9.17) is 14.7 Å². The number of para-hydroxylation sites is 2. The van der Waals surface area contributed by atoms with Gasteiger partial charge < -0.3 is 9.84 Å². The van der Waals surface area contributed by atoms with E-state index in [9.17, 15) is 5.11 Å². The molecule has 5 nitrogen and oxygen atoms in total. The van der Waals surface area contributed by atoms with Gasteiger partial charge in [-0.15, -0.1) is 0 Å². The Kier molecular flexibility index (Phi) is 6.33. The van der Waals surface area contributed by atoms with Gasteiger partial charge >= 0.3 is 0 Å². The van der Waals surface area contributed by atoms with E-state index in [0.29, 0.717) is 23.0 Å². The first-order chi connectivity index (χ1) is 19.5. The molecule has 6 rings (SSSR count). The minimum absolute atomic E-state index is 0.0190. The molecule has 0 fully saturated rings. The Morgan fingerprint density at radius 1 is 0.634 bits per heavy atom. The van der Waals surface area contributed by atoms with Gasteiger partial charge in [0.1, 0.15) is 11.4 Å². The molecule has 0 aliphatic heterocycles. The lowest BCUT2D eigenvalue weighted by Gasteiger charge is -2.21. The molecule has 0 saturated carbocycles. The second-order valence-electron chi connectivity index (χ2n) is 12.6. The number of phenols is 1. The van der Waals surface area contributed by atoms with E-state index < -0.39 is 0 Å². The molecule has 0 saturated heterocycles. The fraction of sp³-hybridized carbons (Fsp3) is 0.222. The van der Waals surface area contributed by atoms with Crippen LogP contribution in [-0.2, 0) is 10.8 Å². The van der Waals surface area contributed by atoms with E-state index in [-0.39, 0.29) is 16.6 Å². The van der Waals surface area contributed by atoms with Crippen molar-refractivity contribution in [2.45, 2.75) is 52.4 Å². The quantitative estimate of drug-likeness (QED) is 0.242. The molecule has 5 heteroatoms. The van der Waals surface area contributed by atoms with Gasteiger partial charge in [0.25, 0.3) is 0 Å². The van der Waals surface area contributed by atoms with E-state index in [1.54, 1.807) is 12.1 Å². The first-order valence-electron chi connectivity index (χ1n) is 14.0. The van der Waals surface area contributed by atoms with Gasteiger partial charge in [0.2, 0.25) is 11.8 Å². The van der Waals surface area contributed by atoms with Crippen molar-refractivity contribution < 1.29 is 9.84 Å². The number of hydrogen-bond donors (Lipinski definition) is 1. The number of ether oxygens (including phenoxy) is 1. The number of aromatic nitrogens is 3. The van der Waals surface area contributed by atoms with E-state index in [0.717, 1.165) is 33.2 Å². The van der Waals surface area contributed by atoms with Crippen LogP contribution in [0.1, 0.15) is 52.7 Å². The van der Waals surface area contributed by atoms with E-state index in [2.05, 4.69) is 101 Å². The maximum Gasteiger partial charge on any atom is 0.223 e. The Labute approximate surface area is 241 Å². The Morgan fingerprint density at radius 2 is 1.37 bits per heavy atom. The van der Waals surface area contributed by atoms with Crippen molar-refractivity contribution in [3.8, 4) is 34.5 Å². The highest BCUT2D eigenvalue weighted by atomic mass is 16.5.